The van der Waals surface area contributed by atoms with Crippen molar-refractivity contribution in [3.05, 3.63) is 24.5 Å². The van der Waals surface area contributed by atoms with Gasteiger partial charge in [0, 0.05) is 19.3 Å². The third-order valence-corrected chi connectivity index (χ3v) is 3.33. The molecule has 1 aliphatic carbocycles. The van der Waals surface area contributed by atoms with Gasteiger partial charge >= 0.3 is 0 Å². The molecule has 108 valence electrons. The molecule has 1 heterocycles. The summed E-state index contributed by atoms with van der Waals surface area (Å²) < 4.78 is 0. The van der Waals surface area contributed by atoms with Crippen molar-refractivity contribution in [1.29, 1.82) is 5.41 Å². The van der Waals surface area contributed by atoms with Crippen LogP contribution in [0.3, 0.4) is 0 Å². The fourth-order valence-electron chi connectivity index (χ4n) is 2.27. The fraction of sp³-hybridized carbons (Fsp3) is 0.500. The molecule has 20 heavy (non-hydrogen) atoms. The maximum atomic E-state index is 7.69. The van der Waals surface area contributed by atoms with Crippen molar-refractivity contribution in [1.82, 2.24) is 20.9 Å². The zero-order valence-electron chi connectivity index (χ0n) is 11.8. The predicted octanol–water partition coefficient (Wildman–Crippen LogP) is 1.74. The predicted molar refractivity (Wildman–Crippen MR) is 81.3 cm³/mol. The number of pyridine rings is 1. The van der Waals surface area contributed by atoms with Crippen LogP contribution in [0.4, 0.5) is 5.69 Å². The van der Waals surface area contributed by atoms with E-state index in [2.05, 4.69) is 25.9 Å². The van der Waals surface area contributed by atoms with Gasteiger partial charge in [-0.3, -0.25) is 15.7 Å². The molecular formula is C14H22N6. The summed E-state index contributed by atoms with van der Waals surface area (Å²) >= 11 is 0. The summed E-state index contributed by atoms with van der Waals surface area (Å²) in [5, 5.41) is 16.8. The third-order valence-electron chi connectivity index (χ3n) is 3.33. The van der Waals surface area contributed by atoms with Gasteiger partial charge < -0.3 is 10.6 Å². The van der Waals surface area contributed by atoms with Gasteiger partial charge in [-0.1, -0.05) is 19.3 Å². The maximum Gasteiger partial charge on any atom is 0.203 e. The summed E-state index contributed by atoms with van der Waals surface area (Å²) in [5.41, 5.74) is 0.766. The molecule has 0 aliphatic heterocycles. The highest BCUT2D eigenvalue weighted by atomic mass is 15.3. The first-order valence-corrected chi connectivity index (χ1v) is 7.06. The first-order chi connectivity index (χ1) is 9.78. The summed E-state index contributed by atoms with van der Waals surface area (Å²) in [5.74, 6) is 0.820. The Morgan fingerprint density at radius 2 is 2.15 bits per heavy atom. The summed E-state index contributed by atoms with van der Waals surface area (Å²) in [6.45, 7) is 0. The van der Waals surface area contributed by atoms with Gasteiger partial charge in [0.05, 0.1) is 11.9 Å². The second-order valence-corrected chi connectivity index (χ2v) is 4.90. The van der Waals surface area contributed by atoms with Gasteiger partial charge in [0.2, 0.25) is 5.96 Å². The Bertz CT molecular complexity index is 450. The lowest BCUT2D eigenvalue weighted by molar-refractivity contribution is 0.411. The van der Waals surface area contributed by atoms with Gasteiger partial charge in [-0.15, -0.1) is 0 Å². The molecule has 1 aromatic rings. The minimum Gasteiger partial charge on any atom is -0.359 e. The van der Waals surface area contributed by atoms with Gasteiger partial charge in [-0.25, -0.2) is 4.99 Å². The minimum absolute atomic E-state index is 0.218. The van der Waals surface area contributed by atoms with E-state index >= 15 is 0 Å². The van der Waals surface area contributed by atoms with E-state index in [0.717, 1.165) is 18.5 Å². The molecule has 6 nitrogen and oxygen atoms in total. The summed E-state index contributed by atoms with van der Waals surface area (Å²) in [6, 6.07) is 4.16. The molecule has 1 fully saturated rings. The first kappa shape index (κ1) is 14.3. The van der Waals surface area contributed by atoms with E-state index in [-0.39, 0.29) is 5.96 Å². The Kier molecular flexibility index (Phi) is 5.34. The van der Waals surface area contributed by atoms with Crippen molar-refractivity contribution in [3.8, 4) is 0 Å². The monoisotopic (exact) mass is 274 g/mol. The molecule has 0 bridgehead atoms. The molecule has 0 spiro atoms. The maximum absolute atomic E-state index is 7.69. The van der Waals surface area contributed by atoms with E-state index in [4.69, 9.17) is 5.41 Å². The number of nitrogens with zero attached hydrogens (tertiary/aromatic N) is 2. The van der Waals surface area contributed by atoms with E-state index < -0.39 is 0 Å². The average molecular weight is 274 g/mol. The van der Waals surface area contributed by atoms with E-state index in [1.54, 1.807) is 19.4 Å². The number of aliphatic imine (C=N–C) groups is 1. The van der Waals surface area contributed by atoms with Crippen molar-refractivity contribution in [2.24, 2.45) is 4.99 Å². The fourth-order valence-corrected chi connectivity index (χ4v) is 2.27. The Labute approximate surface area is 119 Å². The normalized spacial score (nSPS) is 16.6. The Hall–Kier alpha value is -2.11. The minimum atomic E-state index is 0.218. The SMILES string of the molecule is CNC(=N)NC(=Nc1cccnc1)NC1CCCCC1. The second-order valence-electron chi connectivity index (χ2n) is 4.90. The highest BCUT2D eigenvalue weighted by Crippen LogP contribution is 2.17. The van der Waals surface area contributed by atoms with Gasteiger partial charge in [-0.05, 0) is 25.0 Å². The Morgan fingerprint density at radius 1 is 1.35 bits per heavy atom. The second kappa shape index (κ2) is 7.47. The Morgan fingerprint density at radius 3 is 2.80 bits per heavy atom. The summed E-state index contributed by atoms with van der Waals surface area (Å²) in [7, 11) is 1.71. The van der Waals surface area contributed by atoms with Crippen LogP contribution in [0.2, 0.25) is 0 Å². The van der Waals surface area contributed by atoms with Crippen molar-refractivity contribution >= 4 is 17.6 Å². The van der Waals surface area contributed by atoms with Gasteiger partial charge in [0.15, 0.2) is 5.96 Å². The number of hydrogen-bond acceptors (Lipinski definition) is 3. The zero-order chi connectivity index (χ0) is 14.2. The molecule has 0 radical (unpaired) electrons. The molecular weight excluding hydrogens is 252 g/mol. The molecule has 0 aromatic carbocycles. The van der Waals surface area contributed by atoms with E-state index in [0.29, 0.717) is 12.0 Å². The van der Waals surface area contributed by atoms with Crippen LogP contribution < -0.4 is 16.0 Å². The lowest BCUT2D eigenvalue weighted by Gasteiger charge is -2.25. The van der Waals surface area contributed by atoms with Crippen LogP contribution in [0.1, 0.15) is 32.1 Å². The summed E-state index contributed by atoms with van der Waals surface area (Å²) in [6.07, 6.45) is 9.54. The largest absolute Gasteiger partial charge is 0.359 e. The van der Waals surface area contributed by atoms with E-state index in [1.165, 1.54) is 19.3 Å². The smallest absolute Gasteiger partial charge is 0.203 e. The van der Waals surface area contributed by atoms with Crippen LogP contribution in [-0.2, 0) is 0 Å². The van der Waals surface area contributed by atoms with Crippen LogP contribution in [-0.4, -0.2) is 30.0 Å². The van der Waals surface area contributed by atoms with Crippen LogP contribution in [0.25, 0.3) is 0 Å². The molecule has 1 aliphatic rings. The zero-order valence-corrected chi connectivity index (χ0v) is 11.8. The van der Waals surface area contributed by atoms with Gasteiger partial charge in [0.1, 0.15) is 0 Å². The van der Waals surface area contributed by atoms with Crippen LogP contribution in [0, 0.1) is 5.41 Å². The highest BCUT2D eigenvalue weighted by molar-refractivity contribution is 5.98. The molecule has 0 atom stereocenters. The van der Waals surface area contributed by atoms with Crippen LogP contribution >= 0.6 is 0 Å². The molecule has 1 saturated carbocycles. The van der Waals surface area contributed by atoms with Gasteiger partial charge in [-0.2, -0.15) is 0 Å². The molecule has 6 heteroatoms. The molecule has 0 unspecified atom stereocenters. The van der Waals surface area contributed by atoms with Crippen molar-refractivity contribution in [2.75, 3.05) is 7.05 Å². The van der Waals surface area contributed by atoms with Crippen LogP contribution in [0.15, 0.2) is 29.5 Å². The third kappa shape index (κ3) is 4.53. The molecule has 1 aromatic heterocycles. The number of rotatable bonds is 2. The van der Waals surface area contributed by atoms with Crippen LogP contribution in [0.5, 0.6) is 0 Å². The standard InChI is InChI=1S/C14H22N6/c1-16-13(15)20-14(18-11-6-3-2-4-7-11)19-12-8-5-9-17-10-12/h5,8-11H,2-4,6-7H2,1H3,(H4,15,16,18,19,20). The average Bonchev–Trinajstić information content (AvgIpc) is 2.49. The Balaban J connectivity index is 2.07. The number of nitrogens with one attached hydrogen (secondary N) is 4. The number of guanidine groups is 2. The lowest BCUT2D eigenvalue weighted by atomic mass is 9.96. The van der Waals surface area contributed by atoms with E-state index in [9.17, 15) is 0 Å². The topological polar surface area (TPSA) is 85.2 Å². The molecule has 2 rings (SSSR count). The number of aromatic nitrogens is 1. The highest BCUT2D eigenvalue weighted by Gasteiger charge is 2.15. The first-order valence-electron chi connectivity index (χ1n) is 7.06. The van der Waals surface area contributed by atoms with Gasteiger partial charge in [0.25, 0.3) is 0 Å². The quantitative estimate of drug-likeness (QED) is 0.489. The lowest BCUT2D eigenvalue weighted by Crippen LogP contribution is -2.49. The molecule has 0 amide bonds. The summed E-state index contributed by atoms with van der Waals surface area (Å²) in [4.78, 5) is 8.54. The van der Waals surface area contributed by atoms with Crippen molar-refractivity contribution in [2.45, 2.75) is 38.1 Å². The molecule has 4 N–H and O–H groups in total. The van der Waals surface area contributed by atoms with E-state index in [1.807, 2.05) is 12.1 Å². The van der Waals surface area contributed by atoms with Crippen molar-refractivity contribution in [3.63, 3.8) is 0 Å². The molecule has 0 saturated heterocycles. The number of hydrogen-bond donors (Lipinski definition) is 4. The van der Waals surface area contributed by atoms with Crippen molar-refractivity contribution < 1.29 is 0 Å².